The van der Waals surface area contributed by atoms with Crippen LogP contribution in [-0.2, 0) is 6.54 Å². The molecular weight excluding hydrogens is 382 g/mol. The van der Waals surface area contributed by atoms with Gasteiger partial charge in [-0.3, -0.25) is 13.9 Å². The Kier molecular flexibility index (Phi) is 4.96. The Labute approximate surface area is 165 Å². The lowest BCUT2D eigenvalue weighted by atomic mass is 10.2. The van der Waals surface area contributed by atoms with Crippen molar-refractivity contribution in [2.75, 3.05) is 13.1 Å². The van der Waals surface area contributed by atoms with E-state index in [4.69, 9.17) is 11.6 Å². The smallest absolute Gasteiger partial charge is 0.271 e. The normalized spacial score (nSPS) is 11.2. The topological polar surface area (TPSA) is 55.4 Å². The average molecular weight is 400 g/mol. The molecule has 4 aromatic rings. The van der Waals surface area contributed by atoms with Gasteiger partial charge in [0.2, 0.25) is 0 Å². The molecule has 0 aliphatic rings. The first-order chi connectivity index (χ1) is 13.2. The lowest BCUT2D eigenvalue weighted by molar-refractivity contribution is 0.0750. The molecule has 0 N–H and O–H groups in total. The molecule has 0 bridgehead atoms. The van der Waals surface area contributed by atoms with Gasteiger partial charge in [-0.25, -0.2) is 4.98 Å². The largest absolute Gasteiger partial charge is 0.336 e. The zero-order valence-electron chi connectivity index (χ0n) is 14.7. The molecule has 3 aromatic heterocycles. The molecular formula is C19H18ClN5OS. The van der Waals surface area contributed by atoms with E-state index in [0.717, 1.165) is 16.2 Å². The molecule has 0 unspecified atom stereocenters. The van der Waals surface area contributed by atoms with Crippen LogP contribution in [0.3, 0.4) is 0 Å². The van der Waals surface area contributed by atoms with Crippen molar-refractivity contribution in [1.82, 2.24) is 24.1 Å². The van der Waals surface area contributed by atoms with Gasteiger partial charge < -0.3 is 4.90 Å². The van der Waals surface area contributed by atoms with Crippen molar-refractivity contribution in [3.63, 3.8) is 0 Å². The van der Waals surface area contributed by atoms with E-state index in [1.807, 2.05) is 69.0 Å². The number of fused-ring (bicyclic) bond motifs is 1. The van der Waals surface area contributed by atoms with Crippen LogP contribution in [0.2, 0.25) is 5.02 Å². The van der Waals surface area contributed by atoms with E-state index in [9.17, 15) is 4.79 Å². The van der Waals surface area contributed by atoms with Crippen molar-refractivity contribution in [3.8, 4) is 11.3 Å². The molecule has 0 atom stereocenters. The summed E-state index contributed by atoms with van der Waals surface area (Å²) in [4.78, 5) is 20.3. The van der Waals surface area contributed by atoms with Crippen LogP contribution in [0.15, 0.2) is 54.3 Å². The molecule has 3 heterocycles. The van der Waals surface area contributed by atoms with Gasteiger partial charge in [0.05, 0.1) is 12.2 Å². The second-order valence-electron chi connectivity index (χ2n) is 6.06. The average Bonchev–Trinajstić information content (AvgIpc) is 3.39. The van der Waals surface area contributed by atoms with Crippen molar-refractivity contribution in [2.45, 2.75) is 13.5 Å². The van der Waals surface area contributed by atoms with E-state index >= 15 is 0 Å². The summed E-state index contributed by atoms with van der Waals surface area (Å²) in [6, 6.07) is 9.44. The first kappa shape index (κ1) is 17.8. The summed E-state index contributed by atoms with van der Waals surface area (Å²) in [6.45, 7) is 3.88. The zero-order valence-corrected chi connectivity index (χ0v) is 16.3. The quantitative estimate of drug-likeness (QED) is 0.491. The summed E-state index contributed by atoms with van der Waals surface area (Å²) >= 11 is 7.55. The van der Waals surface area contributed by atoms with Crippen LogP contribution in [0.5, 0.6) is 0 Å². The molecule has 0 aliphatic heterocycles. The van der Waals surface area contributed by atoms with Gasteiger partial charge in [-0.1, -0.05) is 23.7 Å². The van der Waals surface area contributed by atoms with E-state index < -0.39 is 0 Å². The Morgan fingerprint density at radius 2 is 2.22 bits per heavy atom. The number of carbonyl (C=O) groups is 1. The Hall–Kier alpha value is -2.64. The molecule has 138 valence electrons. The summed E-state index contributed by atoms with van der Waals surface area (Å²) in [5, 5.41) is 6.72. The first-order valence-electron chi connectivity index (χ1n) is 8.65. The third kappa shape index (κ3) is 3.61. The molecule has 27 heavy (non-hydrogen) atoms. The number of hydrogen-bond donors (Lipinski definition) is 0. The fourth-order valence-corrected chi connectivity index (χ4v) is 3.98. The number of rotatable bonds is 6. The van der Waals surface area contributed by atoms with Crippen molar-refractivity contribution in [1.29, 1.82) is 0 Å². The van der Waals surface area contributed by atoms with Gasteiger partial charge in [0, 0.05) is 47.6 Å². The van der Waals surface area contributed by atoms with E-state index in [-0.39, 0.29) is 5.91 Å². The molecule has 0 fully saturated rings. The zero-order chi connectivity index (χ0) is 18.8. The highest BCUT2D eigenvalue weighted by molar-refractivity contribution is 7.15. The number of likely N-dealkylation sites (N-methyl/N-ethyl adjacent to an activating group) is 1. The van der Waals surface area contributed by atoms with Gasteiger partial charge in [0.15, 0.2) is 4.96 Å². The summed E-state index contributed by atoms with van der Waals surface area (Å²) in [5.41, 5.74) is 2.36. The maximum Gasteiger partial charge on any atom is 0.271 e. The van der Waals surface area contributed by atoms with Crippen molar-refractivity contribution in [3.05, 3.63) is 65.0 Å². The Morgan fingerprint density at radius 3 is 2.96 bits per heavy atom. The summed E-state index contributed by atoms with van der Waals surface area (Å²) in [7, 11) is 0. The Balaban J connectivity index is 1.59. The highest BCUT2D eigenvalue weighted by Crippen LogP contribution is 2.26. The molecule has 1 amide bonds. The second-order valence-corrected chi connectivity index (χ2v) is 7.34. The summed E-state index contributed by atoms with van der Waals surface area (Å²) < 4.78 is 3.69. The number of imidazole rings is 1. The van der Waals surface area contributed by atoms with Crippen LogP contribution < -0.4 is 0 Å². The SMILES string of the molecule is CCN(CCn1cccn1)C(=O)c1csc2nc(-c3cccc(Cl)c3)cn12. The van der Waals surface area contributed by atoms with Crippen LogP contribution in [0, 0.1) is 0 Å². The minimum Gasteiger partial charge on any atom is -0.336 e. The molecule has 4 rings (SSSR count). The fourth-order valence-electron chi connectivity index (χ4n) is 2.95. The van der Waals surface area contributed by atoms with Gasteiger partial charge >= 0.3 is 0 Å². The molecule has 0 spiro atoms. The van der Waals surface area contributed by atoms with Crippen LogP contribution in [0.25, 0.3) is 16.2 Å². The molecule has 0 radical (unpaired) electrons. The van der Waals surface area contributed by atoms with E-state index in [2.05, 4.69) is 10.1 Å². The second kappa shape index (κ2) is 7.54. The highest BCUT2D eigenvalue weighted by Gasteiger charge is 2.20. The monoisotopic (exact) mass is 399 g/mol. The molecule has 0 aliphatic carbocycles. The van der Waals surface area contributed by atoms with Gasteiger partial charge in [0.1, 0.15) is 5.69 Å². The first-order valence-corrected chi connectivity index (χ1v) is 9.90. The summed E-state index contributed by atoms with van der Waals surface area (Å²) in [5.74, 6) is -0.00838. The molecule has 8 heteroatoms. The fraction of sp³-hybridized carbons (Fsp3) is 0.211. The number of halogens is 1. The van der Waals surface area contributed by atoms with Crippen molar-refractivity contribution < 1.29 is 4.79 Å². The standard InChI is InChI=1S/C19H18ClN5OS/c1-2-23(9-10-24-8-4-7-21-24)18(26)17-13-27-19-22-16(12-25(17)19)14-5-3-6-15(20)11-14/h3-8,11-13H,2,9-10H2,1H3. The van der Waals surface area contributed by atoms with Crippen LogP contribution in [0.1, 0.15) is 17.4 Å². The highest BCUT2D eigenvalue weighted by atomic mass is 35.5. The van der Waals surface area contributed by atoms with Gasteiger partial charge in [-0.15, -0.1) is 11.3 Å². The van der Waals surface area contributed by atoms with Crippen molar-refractivity contribution >= 4 is 33.8 Å². The van der Waals surface area contributed by atoms with E-state index in [1.165, 1.54) is 11.3 Å². The Bertz CT molecular complexity index is 1070. The number of benzene rings is 1. The lowest BCUT2D eigenvalue weighted by Gasteiger charge is -2.20. The van der Waals surface area contributed by atoms with Gasteiger partial charge in [0.25, 0.3) is 5.91 Å². The van der Waals surface area contributed by atoms with Crippen LogP contribution in [-0.4, -0.2) is 43.1 Å². The minimum absolute atomic E-state index is 0.00838. The number of aromatic nitrogens is 4. The number of nitrogens with zero attached hydrogens (tertiary/aromatic N) is 5. The molecule has 0 saturated heterocycles. The van der Waals surface area contributed by atoms with E-state index in [1.54, 1.807) is 6.20 Å². The number of carbonyl (C=O) groups excluding carboxylic acids is 1. The number of thiazole rings is 1. The van der Waals surface area contributed by atoms with Crippen LogP contribution in [0.4, 0.5) is 0 Å². The molecule has 6 nitrogen and oxygen atoms in total. The third-order valence-electron chi connectivity index (χ3n) is 4.38. The molecule has 1 aromatic carbocycles. The van der Waals surface area contributed by atoms with Crippen molar-refractivity contribution in [2.24, 2.45) is 0 Å². The maximum absolute atomic E-state index is 13.0. The maximum atomic E-state index is 13.0. The predicted molar refractivity (Wildman–Crippen MR) is 107 cm³/mol. The van der Waals surface area contributed by atoms with Gasteiger partial charge in [-0.2, -0.15) is 5.10 Å². The number of amides is 1. The molecule has 0 saturated carbocycles. The number of hydrogen-bond acceptors (Lipinski definition) is 4. The Morgan fingerprint density at radius 1 is 1.33 bits per heavy atom. The summed E-state index contributed by atoms with van der Waals surface area (Å²) in [6.07, 6.45) is 5.53. The lowest BCUT2D eigenvalue weighted by Crippen LogP contribution is -2.34. The third-order valence-corrected chi connectivity index (χ3v) is 5.45. The van der Waals surface area contributed by atoms with Gasteiger partial charge in [-0.05, 0) is 25.1 Å². The predicted octanol–water partition coefficient (Wildman–Crippen LogP) is 4.08. The van der Waals surface area contributed by atoms with Crippen LogP contribution >= 0.6 is 22.9 Å². The minimum atomic E-state index is -0.00838. The van der Waals surface area contributed by atoms with E-state index in [0.29, 0.717) is 30.4 Å².